The molecule has 4 rings (SSSR count). The van der Waals surface area contributed by atoms with Crippen molar-refractivity contribution >= 4 is 34.8 Å². The van der Waals surface area contributed by atoms with Gasteiger partial charge in [0, 0.05) is 27.2 Å². The van der Waals surface area contributed by atoms with Crippen LogP contribution < -0.4 is 0 Å². The van der Waals surface area contributed by atoms with Gasteiger partial charge in [-0.15, -0.1) is 0 Å². The lowest BCUT2D eigenvalue weighted by atomic mass is 9.91. The molecule has 0 amide bonds. The zero-order valence-corrected chi connectivity index (χ0v) is 15.5. The molecular formula is C19H18Cl2N2O2. The summed E-state index contributed by atoms with van der Waals surface area (Å²) in [6.45, 7) is 3.23. The smallest absolute Gasteiger partial charge is 0.202 e. The maximum absolute atomic E-state index is 6.59. The Kier molecular flexibility index (Phi) is 4.24. The Morgan fingerprint density at radius 1 is 1.20 bits per heavy atom. The summed E-state index contributed by atoms with van der Waals surface area (Å²) in [6, 6.07) is 13.6. The van der Waals surface area contributed by atoms with Gasteiger partial charge in [-0.1, -0.05) is 41.4 Å². The zero-order chi connectivity index (χ0) is 17.6. The standard InChI is InChI=1S/C19H18Cl2N2O2/c1-12-11-25-19(14-5-3-4-6-16(14)21)15-9-13(20)7-8-17(15)22-18(24-2)10-23(12)19/h3-9,12H,10-11H2,1-2H3. The number of aliphatic imine (C=N–C) groups is 1. The summed E-state index contributed by atoms with van der Waals surface area (Å²) in [5.74, 6) is 0.634. The highest BCUT2D eigenvalue weighted by atomic mass is 35.5. The first-order chi connectivity index (χ1) is 12.1. The van der Waals surface area contributed by atoms with Crippen LogP contribution in [-0.2, 0) is 15.2 Å². The Hall–Kier alpha value is -1.59. The summed E-state index contributed by atoms with van der Waals surface area (Å²) in [6.07, 6.45) is 0. The fourth-order valence-corrected chi connectivity index (χ4v) is 4.08. The molecule has 2 aliphatic rings. The minimum atomic E-state index is -0.845. The highest BCUT2D eigenvalue weighted by molar-refractivity contribution is 6.31. The van der Waals surface area contributed by atoms with Crippen molar-refractivity contribution in [2.45, 2.75) is 18.7 Å². The number of hydrogen-bond donors (Lipinski definition) is 0. The van der Waals surface area contributed by atoms with Crippen molar-refractivity contribution in [2.75, 3.05) is 20.3 Å². The van der Waals surface area contributed by atoms with E-state index in [1.54, 1.807) is 7.11 Å². The van der Waals surface area contributed by atoms with Crippen LogP contribution in [0.25, 0.3) is 0 Å². The van der Waals surface area contributed by atoms with E-state index in [0.717, 1.165) is 16.8 Å². The molecule has 2 heterocycles. The maximum Gasteiger partial charge on any atom is 0.202 e. The zero-order valence-electron chi connectivity index (χ0n) is 14.0. The number of hydrogen-bond acceptors (Lipinski definition) is 4. The van der Waals surface area contributed by atoms with E-state index in [1.807, 2.05) is 42.5 Å². The molecule has 0 radical (unpaired) electrons. The molecule has 0 saturated carbocycles. The lowest BCUT2D eigenvalue weighted by Gasteiger charge is -2.39. The van der Waals surface area contributed by atoms with E-state index in [0.29, 0.717) is 29.1 Å². The lowest BCUT2D eigenvalue weighted by Crippen LogP contribution is -2.47. The second-order valence-electron chi connectivity index (χ2n) is 6.28. The van der Waals surface area contributed by atoms with E-state index in [4.69, 9.17) is 32.7 Å². The normalized spacial score (nSPS) is 25.8. The van der Waals surface area contributed by atoms with Crippen molar-refractivity contribution in [3.05, 3.63) is 63.6 Å². The van der Waals surface area contributed by atoms with E-state index in [9.17, 15) is 0 Å². The monoisotopic (exact) mass is 376 g/mol. The molecule has 0 N–H and O–H groups in total. The van der Waals surface area contributed by atoms with E-state index >= 15 is 0 Å². The van der Waals surface area contributed by atoms with Gasteiger partial charge in [0.15, 0.2) is 5.72 Å². The summed E-state index contributed by atoms with van der Waals surface area (Å²) < 4.78 is 11.9. The molecule has 4 nitrogen and oxygen atoms in total. The SMILES string of the molecule is COC1=Nc2ccc(Cl)cc2C2(c3ccccc3Cl)OCC(C)N2C1. The molecule has 0 spiro atoms. The van der Waals surface area contributed by atoms with Crippen LogP contribution >= 0.6 is 23.2 Å². The maximum atomic E-state index is 6.59. The molecule has 1 saturated heterocycles. The van der Waals surface area contributed by atoms with Gasteiger partial charge in [-0.2, -0.15) is 0 Å². The van der Waals surface area contributed by atoms with Crippen LogP contribution in [0.1, 0.15) is 18.1 Å². The number of fused-ring (bicyclic) bond motifs is 3. The molecule has 0 bridgehead atoms. The first kappa shape index (κ1) is 16.9. The van der Waals surface area contributed by atoms with Crippen LogP contribution in [0.4, 0.5) is 5.69 Å². The van der Waals surface area contributed by atoms with Crippen molar-refractivity contribution < 1.29 is 9.47 Å². The molecule has 2 aromatic carbocycles. The molecule has 2 atom stereocenters. The summed E-state index contributed by atoms with van der Waals surface area (Å²) >= 11 is 12.9. The Bertz CT molecular complexity index is 855. The van der Waals surface area contributed by atoms with Crippen LogP contribution in [0.5, 0.6) is 0 Å². The number of methoxy groups -OCH3 is 1. The third-order valence-corrected chi connectivity index (χ3v) is 5.38. The first-order valence-corrected chi connectivity index (χ1v) is 8.89. The fraction of sp³-hybridized carbons (Fsp3) is 0.316. The Morgan fingerprint density at radius 3 is 2.76 bits per heavy atom. The number of ether oxygens (including phenoxy) is 2. The molecule has 2 aromatic rings. The van der Waals surface area contributed by atoms with E-state index in [1.165, 1.54) is 0 Å². The van der Waals surface area contributed by atoms with Crippen molar-refractivity contribution in [3.8, 4) is 0 Å². The Labute approximate surface area is 157 Å². The van der Waals surface area contributed by atoms with Crippen molar-refractivity contribution in [2.24, 2.45) is 4.99 Å². The van der Waals surface area contributed by atoms with Gasteiger partial charge in [-0.3, -0.25) is 4.90 Å². The summed E-state index contributed by atoms with van der Waals surface area (Å²) in [4.78, 5) is 6.92. The Morgan fingerprint density at radius 2 is 2.00 bits per heavy atom. The van der Waals surface area contributed by atoms with E-state index in [2.05, 4.69) is 16.8 Å². The summed E-state index contributed by atoms with van der Waals surface area (Å²) in [7, 11) is 1.64. The summed E-state index contributed by atoms with van der Waals surface area (Å²) in [5, 5.41) is 1.28. The summed E-state index contributed by atoms with van der Waals surface area (Å²) in [5.41, 5.74) is 1.70. The molecule has 1 fully saturated rings. The van der Waals surface area contributed by atoms with Crippen LogP contribution in [-0.4, -0.2) is 37.1 Å². The van der Waals surface area contributed by atoms with Crippen molar-refractivity contribution in [3.63, 3.8) is 0 Å². The first-order valence-electron chi connectivity index (χ1n) is 8.13. The second-order valence-corrected chi connectivity index (χ2v) is 7.13. The van der Waals surface area contributed by atoms with Crippen LogP contribution in [0.15, 0.2) is 47.5 Å². The average Bonchev–Trinajstić information content (AvgIpc) is 2.85. The van der Waals surface area contributed by atoms with Crippen LogP contribution in [0, 0.1) is 0 Å². The average molecular weight is 377 g/mol. The second kappa shape index (κ2) is 6.29. The number of nitrogens with zero attached hydrogens (tertiary/aromatic N) is 2. The highest BCUT2D eigenvalue weighted by Crippen LogP contribution is 2.50. The third-order valence-electron chi connectivity index (χ3n) is 4.82. The lowest BCUT2D eigenvalue weighted by molar-refractivity contribution is -0.0483. The molecular weight excluding hydrogens is 359 g/mol. The van der Waals surface area contributed by atoms with Gasteiger partial charge in [-0.05, 0) is 31.2 Å². The van der Waals surface area contributed by atoms with E-state index in [-0.39, 0.29) is 6.04 Å². The van der Waals surface area contributed by atoms with Gasteiger partial charge in [0.1, 0.15) is 0 Å². The Balaban J connectivity index is 2.05. The topological polar surface area (TPSA) is 34.1 Å². The quantitative estimate of drug-likeness (QED) is 0.728. The minimum Gasteiger partial charge on any atom is -0.483 e. The number of halogens is 2. The number of benzene rings is 2. The molecule has 25 heavy (non-hydrogen) atoms. The molecule has 6 heteroatoms. The van der Waals surface area contributed by atoms with Crippen molar-refractivity contribution in [1.29, 1.82) is 0 Å². The van der Waals surface area contributed by atoms with Gasteiger partial charge in [-0.25, -0.2) is 4.99 Å². The minimum absolute atomic E-state index is 0.168. The van der Waals surface area contributed by atoms with Gasteiger partial charge >= 0.3 is 0 Å². The fourth-order valence-electron chi connectivity index (χ4n) is 3.64. The molecule has 0 aromatic heterocycles. The van der Waals surface area contributed by atoms with Crippen molar-refractivity contribution in [1.82, 2.24) is 4.90 Å². The van der Waals surface area contributed by atoms with Gasteiger partial charge < -0.3 is 9.47 Å². The number of rotatable bonds is 1. The third kappa shape index (κ3) is 2.56. The largest absolute Gasteiger partial charge is 0.483 e. The van der Waals surface area contributed by atoms with Gasteiger partial charge in [0.2, 0.25) is 5.90 Å². The molecule has 2 aliphatic heterocycles. The van der Waals surface area contributed by atoms with E-state index < -0.39 is 5.72 Å². The highest BCUT2D eigenvalue weighted by Gasteiger charge is 2.52. The van der Waals surface area contributed by atoms with Gasteiger partial charge in [0.05, 0.1) is 25.9 Å². The van der Waals surface area contributed by atoms with Gasteiger partial charge in [0.25, 0.3) is 0 Å². The molecule has 130 valence electrons. The predicted octanol–water partition coefficient (Wildman–Crippen LogP) is 4.61. The van der Waals surface area contributed by atoms with Crippen LogP contribution in [0.3, 0.4) is 0 Å². The predicted molar refractivity (Wildman–Crippen MR) is 99.9 cm³/mol. The molecule has 0 aliphatic carbocycles. The molecule has 2 unspecified atom stereocenters. The van der Waals surface area contributed by atoms with Crippen LogP contribution in [0.2, 0.25) is 10.0 Å².